The zero-order valence-electron chi connectivity index (χ0n) is 19.6. The summed E-state index contributed by atoms with van der Waals surface area (Å²) in [7, 11) is -3.98. The number of nitrogen functional groups attached to an aromatic ring is 1. The van der Waals surface area contributed by atoms with Crippen LogP contribution in [0.1, 0.15) is 40.5 Å². The van der Waals surface area contributed by atoms with E-state index in [4.69, 9.17) is 24.3 Å². The van der Waals surface area contributed by atoms with Gasteiger partial charge in [-0.2, -0.15) is 4.98 Å². The van der Waals surface area contributed by atoms with Crippen LogP contribution in [0.4, 0.5) is 5.95 Å². The molecule has 2 heterocycles. The highest BCUT2D eigenvalue weighted by Crippen LogP contribution is 2.53. The Morgan fingerprint density at radius 3 is 2.62 bits per heavy atom. The molecule has 14 heteroatoms. The topological polar surface area (TPSA) is 178 Å². The highest BCUT2D eigenvalue weighted by atomic mass is 31.2. The van der Waals surface area contributed by atoms with Gasteiger partial charge in [0.05, 0.1) is 42.6 Å². The van der Waals surface area contributed by atoms with Crippen LogP contribution in [0.15, 0.2) is 12.5 Å². The monoisotopic (exact) mass is 499 g/mol. The Morgan fingerprint density at radius 2 is 2.00 bits per heavy atom. The molecule has 188 valence electrons. The number of ether oxygens (including phenoxy) is 2. The highest BCUT2D eigenvalue weighted by Gasteiger charge is 2.47. The summed E-state index contributed by atoms with van der Waals surface area (Å²) in [5.41, 5.74) is 4.82. The number of hydrogen-bond donors (Lipinski definition) is 2. The molecule has 1 saturated carbocycles. The summed E-state index contributed by atoms with van der Waals surface area (Å²) in [6, 6.07) is 0. The largest absolute Gasteiger partial charge is 0.481 e. The number of nitrogens with two attached hydrogens (primary N) is 1. The first-order chi connectivity index (χ1) is 15.8. The van der Waals surface area contributed by atoms with Crippen molar-refractivity contribution in [2.75, 3.05) is 25.5 Å². The number of hydrogen-bond acceptors (Lipinski definition) is 11. The minimum atomic E-state index is -3.98. The van der Waals surface area contributed by atoms with Gasteiger partial charge in [0.2, 0.25) is 12.7 Å². The van der Waals surface area contributed by atoms with E-state index in [1.807, 2.05) is 0 Å². The highest BCUT2D eigenvalue weighted by molar-refractivity contribution is 7.53. The zero-order valence-corrected chi connectivity index (χ0v) is 20.5. The quantitative estimate of drug-likeness (QED) is 0.234. The molecule has 3 N–H and O–H groups in total. The van der Waals surface area contributed by atoms with E-state index in [0.29, 0.717) is 30.6 Å². The van der Waals surface area contributed by atoms with Crippen LogP contribution in [0.5, 0.6) is 0 Å². The van der Waals surface area contributed by atoms with Gasteiger partial charge in [-0.25, -0.2) is 9.97 Å². The minimum absolute atomic E-state index is 0.114. The number of nitrogens with zero attached hydrogens (tertiary/aromatic N) is 4. The number of fused-ring (bicyclic) bond motifs is 1. The van der Waals surface area contributed by atoms with Crippen LogP contribution in [-0.4, -0.2) is 61.9 Å². The van der Waals surface area contributed by atoms with Crippen molar-refractivity contribution in [3.8, 4) is 0 Å². The van der Waals surface area contributed by atoms with Crippen LogP contribution in [0.25, 0.3) is 11.2 Å². The summed E-state index contributed by atoms with van der Waals surface area (Å²) in [6.07, 6.45) is 4.01. The Kier molecular flexibility index (Phi) is 7.61. The summed E-state index contributed by atoms with van der Waals surface area (Å²) >= 11 is 0. The van der Waals surface area contributed by atoms with E-state index in [0.717, 1.165) is 0 Å². The number of rotatable bonds is 13. The van der Waals surface area contributed by atoms with Crippen molar-refractivity contribution in [2.45, 2.75) is 52.7 Å². The number of carboxylic acid groups (broad SMARTS) is 1. The maximum absolute atomic E-state index is 13.4. The molecule has 1 atom stereocenters. The van der Waals surface area contributed by atoms with Crippen LogP contribution in [-0.2, 0) is 39.2 Å². The Hall–Kier alpha value is -2.60. The molecule has 0 amide bonds. The maximum atomic E-state index is 13.4. The fourth-order valence-electron chi connectivity index (χ4n) is 2.76. The van der Waals surface area contributed by atoms with Crippen LogP contribution in [0.2, 0.25) is 0 Å². The third-order valence-electron chi connectivity index (χ3n) is 5.29. The zero-order chi connectivity index (χ0) is 25.1. The van der Waals surface area contributed by atoms with Gasteiger partial charge in [-0.1, -0.05) is 13.8 Å². The molecule has 0 radical (unpaired) electrons. The van der Waals surface area contributed by atoms with Gasteiger partial charge in [0.15, 0.2) is 5.65 Å². The second-order valence-corrected chi connectivity index (χ2v) is 11.2. The summed E-state index contributed by atoms with van der Waals surface area (Å²) in [6.45, 7) is 5.51. The van der Waals surface area contributed by atoms with E-state index in [-0.39, 0.29) is 5.95 Å². The van der Waals surface area contributed by atoms with Crippen molar-refractivity contribution in [3.05, 3.63) is 12.5 Å². The number of anilines is 1. The number of carbonyl (C=O) groups is 2. The van der Waals surface area contributed by atoms with Crippen LogP contribution in [0.3, 0.4) is 0 Å². The van der Waals surface area contributed by atoms with Gasteiger partial charge in [-0.05, 0) is 26.7 Å². The van der Waals surface area contributed by atoms with E-state index < -0.39 is 56.2 Å². The van der Waals surface area contributed by atoms with Gasteiger partial charge in [0, 0.05) is 0 Å². The van der Waals surface area contributed by atoms with Crippen LogP contribution < -0.4 is 5.73 Å². The number of aromatic nitrogens is 4. The SMILES string of the molecule is CC(C)C(=O)OCOP(=O)(COC1(Cn2cnc3cnc(N)nc32)CC1)OCC(C)(C)C(=O)O. The van der Waals surface area contributed by atoms with Crippen molar-refractivity contribution >= 4 is 36.6 Å². The Morgan fingerprint density at radius 1 is 1.29 bits per heavy atom. The normalized spacial score (nSPS) is 17.0. The fourth-order valence-corrected chi connectivity index (χ4v) is 4.15. The molecule has 2 aromatic rings. The molecule has 13 nitrogen and oxygen atoms in total. The Labute approximate surface area is 196 Å². The molecule has 1 unspecified atom stereocenters. The molecule has 1 fully saturated rings. The number of carbonyl (C=O) groups excluding carboxylic acids is 1. The average molecular weight is 499 g/mol. The third kappa shape index (κ3) is 6.50. The first-order valence-electron chi connectivity index (χ1n) is 10.7. The molecule has 0 aromatic carbocycles. The molecular weight excluding hydrogens is 469 g/mol. The van der Waals surface area contributed by atoms with E-state index in [1.54, 1.807) is 24.7 Å². The van der Waals surface area contributed by atoms with Gasteiger partial charge < -0.3 is 29.4 Å². The average Bonchev–Trinajstić information content (AvgIpc) is 3.43. The molecule has 34 heavy (non-hydrogen) atoms. The lowest BCUT2D eigenvalue weighted by Gasteiger charge is -2.26. The summed E-state index contributed by atoms with van der Waals surface area (Å²) in [5, 5.41) is 9.33. The predicted molar refractivity (Wildman–Crippen MR) is 120 cm³/mol. The van der Waals surface area contributed by atoms with E-state index in [2.05, 4.69) is 15.0 Å². The lowest BCUT2D eigenvalue weighted by atomic mass is 9.96. The molecule has 0 saturated heterocycles. The van der Waals surface area contributed by atoms with Crippen molar-refractivity contribution in [1.29, 1.82) is 0 Å². The second-order valence-electron chi connectivity index (χ2n) is 9.20. The second kappa shape index (κ2) is 9.95. The van der Waals surface area contributed by atoms with Crippen LogP contribution >= 0.6 is 7.60 Å². The van der Waals surface area contributed by atoms with Gasteiger partial charge >= 0.3 is 19.5 Å². The van der Waals surface area contributed by atoms with Crippen molar-refractivity contribution in [3.63, 3.8) is 0 Å². The molecule has 0 bridgehead atoms. The van der Waals surface area contributed by atoms with E-state index in [9.17, 15) is 19.3 Å². The molecular formula is C20H30N5O8P. The van der Waals surface area contributed by atoms with Crippen molar-refractivity contribution < 1.29 is 37.8 Å². The van der Waals surface area contributed by atoms with Gasteiger partial charge in [-0.15, -0.1) is 0 Å². The number of esters is 1. The van der Waals surface area contributed by atoms with Crippen molar-refractivity contribution in [1.82, 2.24) is 19.5 Å². The summed E-state index contributed by atoms with van der Waals surface area (Å²) in [5.74, 6) is -1.95. The van der Waals surface area contributed by atoms with Crippen LogP contribution in [0, 0.1) is 11.3 Å². The lowest BCUT2D eigenvalue weighted by molar-refractivity contribution is -0.154. The van der Waals surface area contributed by atoms with E-state index >= 15 is 0 Å². The number of imidazole rings is 1. The van der Waals surface area contributed by atoms with E-state index in [1.165, 1.54) is 20.0 Å². The first-order valence-corrected chi connectivity index (χ1v) is 12.4. The summed E-state index contributed by atoms with van der Waals surface area (Å²) < 4.78 is 36.7. The molecule has 2 aromatic heterocycles. The third-order valence-corrected chi connectivity index (χ3v) is 6.76. The fraction of sp³-hybridized carbons (Fsp3) is 0.650. The predicted octanol–water partition coefficient (Wildman–Crippen LogP) is 2.41. The number of carboxylic acids is 1. The number of aliphatic carboxylic acids is 1. The smallest absolute Gasteiger partial charge is 0.359 e. The molecule has 3 rings (SSSR count). The van der Waals surface area contributed by atoms with Crippen molar-refractivity contribution in [2.24, 2.45) is 11.3 Å². The summed E-state index contributed by atoms with van der Waals surface area (Å²) in [4.78, 5) is 35.5. The lowest BCUT2D eigenvalue weighted by Crippen LogP contribution is -2.30. The maximum Gasteiger partial charge on any atom is 0.359 e. The standard InChI is InChI=1S/C20H30N5O8P/c1-13(2)16(26)30-11-33-34(29,32-9-19(3,4)17(27)28)12-31-20(5-6-20)8-25-10-23-14-7-22-18(21)24-15(14)25/h7,10,13H,5-6,8-9,11-12H2,1-4H3,(H,27,28)(H2,21,22,24). The molecule has 0 spiro atoms. The Balaban J connectivity index is 1.68. The molecule has 0 aliphatic heterocycles. The van der Waals surface area contributed by atoms with Gasteiger partial charge in [0.1, 0.15) is 11.9 Å². The van der Waals surface area contributed by atoms with Gasteiger partial charge in [0.25, 0.3) is 0 Å². The minimum Gasteiger partial charge on any atom is -0.481 e. The molecule has 1 aliphatic carbocycles. The molecule has 1 aliphatic rings. The Bertz CT molecular complexity index is 1100. The van der Waals surface area contributed by atoms with Gasteiger partial charge in [-0.3, -0.25) is 18.7 Å². The first kappa shape index (κ1) is 26.0.